The molecule has 2 aromatic heterocycles. The van der Waals surface area contributed by atoms with Gasteiger partial charge in [0.05, 0.1) is 18.4 Å². The van der Waals surface area contributed by atoms with Crippen LogP contribution in [0.4, 0.5) is 17.5 Å². The lowest BCUT2D eigenvalue weighted by atomic mass is 10.1. The van der Waals surface area contributed by atoms with Crippen molar-refractivity contribution in [2.24, 2.45) is 0 Å². The predicted octanol–water partition coefficient (Wildman–Crippen LogP) is -1.01. The zero-order chi connectivity index (χ0) is 31.3. The predicted molar refractivity (Wildman–Crippen MR) is 145 cm³/mol. The maximum atomic E-state index is 12.4. The first-order valence-corrected chi connectivity index (χ1v) is 13.7. The molecule has 0 saturated heterocycles. The Kier molecular flexibility index (Phi) is 14.2. The number of rotatable bonds is 9. The number of carbonyl (C=O) groups is 3. The Morgan fingerprint density at radius 3 is 2.05 bits per heavy atom. The molecular formula is C20H28N8O11P2. The number of carbonyl (C=O) groups excluding carboxylic acids is 1. The zero-order valence-corrected chi connectivity index (χ0v) is 23.2. The fourth-order valence-corrected chi connectivity index (χ4v) is 3.03. The minimum absolute atomic E-state index is 0.0138. The van der Waals surface area contributed by atoms with Crippen molar-refractivity contribution in [2.45, 2.75) is 25.4 Å². The molecule has 0 aliphatic carbocycles. The van der Waals surface area contributed by atoms with Gasteiger partial charge < -0.3 is 51.5 Å². The first-order chi connectivity index (χ1) is 19.1. The summed E-state index contributed by atoms with van der Waals surface area (Å²) >= 11 is 0. The molecule has 1 aromatic carbocycles. The van der Waals surface area contributed by atoms with Crippen LogP contribution in [0.15, 0.2) is 30.5 Å². The van der Waals surface area contributed by atoms with Crippen LogP contribution in [-0.2, 0) is 25.3 Å². The Bertz CT molecular complexity index is 1390. The SMILES string of the molecule is CN(Cc1cnc2nc(N)nc(N)c2n1)c1ccc(C(=O)N[C@@H](CCC(=O)O)C(=O)O)cc1.O=[PH](O)O.O=[PH](O)O. The highest BCUT2D eigenvalue weighted by Gasteiger charge is 2.21. The van der Waals surface area contributed by atoms with Gasteiger partial charge in [-0.3, -0.25) is 18.7 Å². The minimum Gasteiger partial charge on any atom is -0.481 e. The summed E-state index contributed by atoms with van der Waals surface area (Å²) in [6.45, 7) is 0.370. The molecule has 0 radical (unpaired) electrons. The number of nitrogen functional groups attached to an aromatic ring is 2. The molecule has 3 aromatic rings. The third-order valence-corrected chi connectivity index (χ3v) is 4.72. The molecule has 0 spiro atoms. The van der Waals surface area contributed by atoms with Crippen LogP contribution in [0, 0.1) is 0 Å². The van der Waals surface area contributed by atoms with E-state index >= 15 is 0 Å². The minimum atomic E-state index is -3.13. The van der Waals surface area contributed by atoms with Crippen LogP contribution in [-0.4, -0.2) is 80.7 Å². The molecule has 19 nitrogen and oxygen atoms in total. The average molecular weight is 618 g/mol. The second-order valence-electron chi connectivity index (χ2n) is 7.77. The van der Waals surface area contributed by atoms with Crippen molar-refractivity contribution in [2.75, 3.05) is 23.4 Å². The van der Waals surface area contributed by atoms with E-state index in [1.807, 2.05) is 11.9 Å². The molecule has 2 heterocycles. The van der Waals surface area contributed by atoms with Crippen molar-refractivity contribution in [3.05, 3.63) is 41.7 Å². The quantitative estimate of drug-likeness (QED) is 0.130. The smallest absolute Gasteiger partial charge is 0.326 e. The molecule has 11 N–H and O–H groups in total. The highest BCUT2D eigenvalue weighted by Crippen LogP contribution is 2.19. The van der Waals surface area contributed by atoms with Gasteiger partial charge in [0.15, 0.2) is 17.0 Å². The van der Waals surface area contributed by atoms with Crippen molar-refractivity contribution in [1.29, 1.82) is 0 Å². The monoisotopic (exact) mass is 618 g/mol. The van der Waals surface area contributed by atoms with Gasteiger partial charge in [0.1, 0.15) is 6.04 Å². The van der Waals surface area contributed by atoms with Gasteiger partial charge in [-0.2, -0.15) is 9.97 Å². The number of hydrogen-bond acceptors (Lipinski definition) is 12. The van der Waals surface area contributed by atoms with E-state index in [-0.39, 0.29) is 30.2 Å². The Labute approximate surface area is 232 Å². The molecular weight excluding hydrogens is 590 g/mol. The van der Waals surface area contributed by atoms with Crippen molar-refractivity contribution in [3.63, 3.8) is 0 Å². The van der Waals surface area contributed by atoms with E-state index in [1.165, 1.54) is 12.1 Å². The molecule has 0 aliphatic heterocycles. The number of carboxylic acids is 2. The molecule has 224 valence electrons. The number of nitrogens with two attached hydrogens (primary N) is 2. The van der Waals surface area contributed by atoms with Crippen molar-refractivity contribution in [1.82, 2.24) is 25.3 Å². The molecule has 0 fully saturated rings. The summed E-state index contributed by atoms with van der Waals surface area (Å²) in [4.78, 5) is 81.3. The van der Waals surface area contributed by atoms with Gasteiger partial charge in [0.25, 0.3) is 5.91 Å². The largest absolute Gasteiger partial charge is 0.481 e. The van der Waals surface area contributed by atoms with Gasteiger partial charge in [-0.25, -0.2) is 14.8 Å². The number of aromatic nitrogens is 4. The molecule has 0 saturated carbocycles. The van der Waals surface area contributed by atoms with Gasteiger partial charge in [-0.05, 0) is 30.7 Å². The summed E-state index contributed by atoms with van der Waals surface area (Å²) < 4.78 is 17.5. The highest BCUT2D eigenvalue weighted by molar-refractivity contribution is 7.31. The van der Waals surface area contributed by atoms with E-state index in [1.54, 1.807) is 18.3 Å². The Morgan fingerprint density at radius 1 is 0.976 bits per heavy atom. The summed E-state index contributed by atoms with van der Waals surface area (Å²) in [5.41, 5.74) is 13.7. The van der Waals surface area contributed by atoms with Gasteiger partial charge in [0.2, 0.25) is 5.95 Å². The molecule has 0 bridgehead atoms. The maximum absolute atomic E-state index is 12.4. The third-order valence-electron chi connectivity index (χ3n) is 4.72. The number of carboxylic acid groups (broad SMARTS) is 2. The molecule has 41 heavy (non-hydrogen) atoms. The number of amides is 1. The molecule has 0 aliphatic rings. The van der Waals surface area contributed by atoms with Gasteiger partial charge in [-0.1, -0.05) is 0 Å². The molecule has 1 amide bonds. The lowest BCUT2D eigenvalue weighted by Crippen LogP contribution is -2.41. The third kappa shape index (κ3) is 13.1. The Morgan fingerprint density at radius 2 is 1.54 bits per heavy atom. The summed E-state index contributed by atoms with van der Waals surface area (Å²) in [5.74, 6) is -2.91. The van der Waals surface area contributed by atoms with Crippen LogP contribution in [0.3, 0.4) is 0 Å². The van der Waals surface area contributed by atoms with Gasteiger partial charge in [0, 0.05) is 24.7 Å². The number of nitrogens with one attached hydrogen (secondary N) is 1. The van der Waals surface area contributed by atoms with Crippen molar-refractivity contribution < 1.29 is 53.3 Å². The summed E-state index contributed by atoms with van der Waals surface area (Å²) in [6.07, 6.45) is 0.964. The molecule has 0 unspecified atom stereocenters. The summed E-state index contributed by atoms with van der Waals surface area (Å²) in [6, 6.07) is 5.16. The maximum Gasteiger partial charge on any atom is 0.326 e. The molecule has 3 rings (SSSR count). The van der Waals surface area contributed by atoms with Crippen molar-refractivity contribution in [3.8, 4) is 0 Å². The normalized spacial score (nSPS) is 11.1. The number of hydrogen-bond donors (Lipinski definition) is 9. The lowest BCUT2D eigenvalue weighted by Gasteiger charge is -2.19. The first kappa shape index (κ1) is 34.8. The van der Waals surface area contributed by atoms with E-state index in [4.69, 9.17) is 45.3 Å². The van der Waals surface area contributed by atoms with E-state index in [9.17, 15) is 19.5 Å². The fourth-order valence-electron chi connectivity index (χ4n) is 3.03. The van der Waals surface area contributed by atoms with E-state index in [2.05, 4.69) is 25.3 Å². The summed E-state index contributed by atoms with van der Waals surface area (Å²) in [5, 5.41) is 20.2. The molecule has 21 heteroatoms. The fraction of sp³-hybridized carbons (Fsp3) is 0.250. The zero-order valence-electron chi connectivity index (χ0n) is 21.2. The number of aliphatic carboxylic acids is 2. The number of anilines is 3. The number of benzene rings is 1. The van der Waals surface area contributed by atoms with Crippen LogP contribution in [0.5, 0.6) is 0 Å². The standard InChI is InChI=1S/C20H22N8O5.2H3O3P/c1-28(9-11-8-23-17-15(24-11)16(21)26-20(22)27-17)12-4-2-10(3-5-12)18(31)25-13(19(32)33)6-7-14(29)30;2*1-4(2)3/h2-5,8,13H,6-7,9H2,1H3,(H,25,31)(H,29,30)(H,32,33)(H4,21,22,23,26,27);2*4H,(H2,1,2,3)/t13-;;/m0../s1. The topological polar surface area (TPSA) is 326 Å². The van der Waals surface area contributed by atoms with Gasteiger partial charge >= 0.3 is 28.4 Å². The lowest BCUT2D eigenvalue weighted by molar-refractivity contribution is -0.140. The number of fused-ring (bicyclic) bond motifs is 1. The average Bonchev–Trinajstić information content (AvgIpc) is 2.86. The highest BCUT2D eigenvalue weighted by atomic mass is 31.1. The van der Waals surface area contributed by atoms with Crippen LogP contribution < -0.4 is 21.7 Å². The van der Waals surface area contributed by atoms with Crippen LogP contribution in [0.1, 0.15) is 28.9 Å². The van der Waals surface area contributed by atoms with E-state index < -0.39 is 40.4 Å². The van der Waals surface area contributed by atoms with Crippen molar-refractivity contribution >= 4 is 63.0 Å². The van der Waals surface area contributed by atoms with Crippen LogP contribution in [0.2, 0.25) is 0 Å². The van der Waals surface area contributed by atoms with E-state index in [0.717, 1.165) is 5.69 Å². The Balaban J connectivity index is 0.000000930. The number of nitrogens with zero attached hydrogens (tertiary/aromatic N) is 5. The first-order valence-electron chi connectivity index (χ1n) is 11.1. The Hall–Kier alpha value is -4.25. The van der Waals surface area contributed by atoms with Crippen LogP contribution >= 0.6 is 16.5 Å². The van der Waals surface area contributed by atoms with Gasteiger partial charge in [-0.15, -0.1) is 0 Å². The second kappa shape index (κ2) is 16.8. The second-order valence-corrected chi connectivity index (χ2v) is 8.90. The van der Waals surface area contributed by atoms with E-state index in [0.29, 0.717) is 23.4 Å². The van der Waals surface area contributed by atoms with Crippen LogP contribution in [0.25, 0.3) is 11.2 Å². The summed E-state index contributed by atoms with van der Waals surface area (Å²) in [7, 11) is -4.44. The molecule has 1 atom stereocenters.